The van der Waals surface area contributed by atoms with Crippen molar-refractivity contribution in [1.82, 2.24) is 4.90 Å². The fourth-order valence-electron chi connectivity index (χ4n) is 2.93. The number of non-ortho nitro benzene ring substituents is 1. The van der Waals surface area contributed by atoms with Gasteiger partial charge in [0.05, 0.1) is 17.6 Å². The number of nitrogens with zero attached hydrogens (tertiary/aromatic N) is 2. The molecule has 0 aromatic heterocycles. The van der Waals surface area contributed by atoms with Crippen molar-refractivity contribution in [2.45, 2.75) is 31.7 Å². The monoisotopic (exact) mass is 323 g/mol. The van der Waals surface area contributed by atoms with Crippen LogP contribution in [0, 0.1) is 16.0 Å². The Morgan fingerprint density at radius 1 is 1.35 bits per heavy atom. The fraction of sp³-hybridized carbons (Fsp3) is 0.562. The third kappa shape index (κ3) is 4.72. The maximum atomic E-state index is 12.4. The summed E-state index contributed by atoms with van der Waals surface area (Å²) in [6.45, 7) is 0.938. The van der Waals surface area contributed by atoms with E-state index in [0.717, 1.165) is 18.4 Å². The van der Waals surface area contributed by atoms with Gasteiger partial charge in [0.15, 0.2) is 0 Å². The predicted molar refractivity (Wildman–Crippen MR) is 84.7 cm³/mol. The van der Waals surface area contributed by atoms with Crippen LogP contribution < -0.4 is 5.73 Å². The highest BCUT2D eigenvalue weighted by Gasteiger charge is 2.26. The summed E-state index contributed by atoms with van der Waals surface area (Å²) in [5.74, 6) is 0.247. The van der Waals surface area contributed by atoms with Gasteiger partial charge in [0.2, 0.25) is 5.91 Å². The Balaban J connectivity index is 1.86. The van der Waals surface area contributed by atoms with Crippen molar-refractivity contribution in [2.24, 2.45) is 11.7 Å². The first-order valence-electron chi connectivity index (χ1n) is 7.85. The second kappa shape index (κ2) is 8.01. The first-order chi connectivity index (χ1) is 11.0. The second-order valence-corrected chi connectivity index (χ2v) is 5.98. The standard InChI is InChI=1S/C16H22FN3O3/c17-8-5-12-6-9-19(10-7-12)16(21)15(18)11-13-1-3-14(4-2-13)20(22)23/h1-4,12,15H,5-11,18H2/t15-/m0/s1. The zero-order chi connectivity index (χ0) is 16.8. The van der Waals surface area contributed by atoms with Crippen LogP contribution in [0.1, 0.15) is 24.8 Å². The van der Waals surface area contributed by atoms with E-state index in [2.05, 4.69) is 0 Å². The summed E-state index contributed by atoms with van der Waals surface area (Å²) in [5.41, 5.74) is 6.80. The van der Waals surface area contributed by atoms with E-state index in [1.165, 1.54) is 12.1 Å². The number of likely N-dealkylation sites (tertiary alicyclic amines) is 1. The molecule has 126 valence electrons. The number of hydrogen-bond acceptors (Lipinski definition) is 4. The molecule has 1 atom stereocenters. The van der Waals surface area contributed by atoms with Crippen molar-refractivity contribution in [3.8, 4) is 0 Å². The number of carbonyl (C=O) groups is 1. The lowest BCUT2D eigenvalue weighted by Crippen LogP contribution is -2.48. The van der Waals surface area contributed by atoms with E-state index >= 15 is 0 Å². The number of nitro groups is 1. The zero-order valence-electron chi connectivity index (χ0n) is 13.0. The lowest BCUT2D eigenvalue weighted by atomic mass is 9.93. The van der Waals surface area contributed by atoms with Gasteiger partial charge < -0.3 is 10.6 Å². The van der Waals surface area contributed by atoms with Crippen LogP contribution in [0.5, 0.6) is 0 Å². The van der Waals surface area contributed by atoms with Crippen LogP contribution in [-0.2, 0) is 11.2 Å². The van der Waals surface area contributed by atoms with Gasteiger partial charge in [-0.2, -0.15) is 0 Å². The number of carbonyl (C=O) groups excluding carboxylic acids is 1. The minimum absolute atomic E-state index is 0.0172. The first kappa shape index (κ1) is 17.3. The number of hydrogen-bond donors (Lipinski definition) is 1. The summed E-state index contributed by atoms with van der Waals surface area (Å²) in [6, 6.07) is 5.41. The summed E-state index contributed by atoms with van der Waals surface area (Å²) in [6.07, 6.45) is 2.55. The molecule has 1 fully saturated rings. The summed E-state index contributed by atoms with van der Waals surface area (Å²) in [7, 11) is 0. The van der Waals surface area contributed by atoms with Crippen molar-refractivity contribution in [2.75, 3.05) is 19.8 Å². The van der Waals surface area contributed by atoms with Crippen LogP contribution in [0.15, 0.2) is 24.3 Å². The third-order valence-electron chi connectivity index (χ3n) is 4.36. The molecule has 0 unspecified atom stereocenters. The summed E-state index contributed by atoms with van der Waals surface area (Å²) in [4.78, 5) is 24.3. The van der Waals surface area contributed by atoms with E-state index in [1.54, 1.807) is 17.0 Å². The van der Waals surface area contributed by atoms with Gasteiger partial charge in [0, 0.05) is 25.2 Å². The van der Waals surface area contributed by atoms with Gasteiger partial charge in [0.1, 0.15) is 0 Å². The van der Waals surface area contributed by atoms with Gasteiger partial charge in [-0.05, 0) is 37.2 Å². The maximum absolute atomic E-state index is 12.4. The average Bonchev–Trinajstić information content (AvgIpc) is 2.55. The number of alkyl halides is 1. The number of amides is 1. The molecule has 0 spiro atoms. The molecule has 23 heavy (non-hydrogen) atoms. The number of nitrogens with two attached hydrogens (primary N) is 1. The van der Waals surface area contributed by atoms with Crippen LogP contribution in [0.25, 0.3) is 0 Å². The quantitative estimate of drug-likeness (QED) is 0.641. The van der Waals surface area contributed by atoms with Gasteiger partial charge in [-0.25, -0.2) is 0 Å². The Morgan fingerprint density at radius 3 is 2.48 bits per heavy atom. The van der Waals surface area contributed by atoms with Gasteiger partial charge in [0.25, 0.3) is 5.69 Å². The number of nitro benzene ring substituents is 1. The van der Waals surface area contributed by atoms with Crippen molar-refractivity contribution in [3.63, 3.8) is 0 Å². The molecule has 0 bridgehead atoms. The first-order valence-corrected chi connectivity index (χ1v) is 7.85. The molecule has 1 aliphatic rings. The Hall–Kier alpha value is -2.02. The molecule has 2 rings (SSSR count). The van der Waals surface area contributed by atoms with Crippen molar-refractivity contribution >= 4 is 11.6 Å². The Kier molecular flexibility index (Phi) is 6.04. The smallest absolute Gasteiger partial charge is 0.269 e. The molecule has 7 heteroatoms. The Morgan fingerprint density at radius 2 is 1.96 bits per heavy atom. The van der Waals surface area contributed by atoms with Crippen LogP contribution in [0.4, 0.5) is 10.1 Å². The van der Waals surface area contributed by atoms with Gasteiger partial charge >= 0.3 is 0 Å². The van der Waals surface area contributed by atoms with E-state index < -0.39 is 11.0 Å². The van der Waals surface area contributed by atoms with E-state index in [9.17, 15) is 19.3 Å². The van der Waals surface area contributed by atoms with Crippen molar-refractivity contribution in [3.05, 3.63) is 39.9 Å². The summed E-state index contributed by atoms with van der Waals surface area (Å²) in [5, 5.41) is 10.6. The predicted octanol–water partition coefficient (Wildman–Crippen LogP) is 2.06. The molecule has 0 radical (unpaired) electrons. The van der Waals surface area contributed by atoms with Crippen molar-refractivity contribution in [1.29, 1.82) is 0 Å². The highest BCUT2D eigenvalue weighted by atomic mass is 19.1. The van der Waals surface area contributed by atoms with Gasteiger partial charge in [-0.1, -0.05) is 12.1 Å². The molecule has 1 heterocycles. The maximum Gasteiger partial charge on any atom is 0.269 e. The molecule has 1 aromatic carbocycles. The van der Waals surface area contributed by atoms with Crippen LogP contribution in [0.3, 0.4) is 0 Å². The molecular weight excluding hydrogens is 301 g/mol. The van der Waals surface area contributed by atoms with E-state index in [1.807, 2.05) is 0 Å². The molecule has 1 aromatic rings. The highest BCUT2D eigenvalue weighted by Crippen LogP contribution is 2.21. The summed E-state index contributed by atoms with van der Waals surface area (Å²) < 4.78 is 12.3. The molecular formula is C16H22FN3O3. The Labute approximate surface area is 134 Å². The molecule has 1 saturated heterocycles. The molecule has 2 N–H and O–H groups in total. The average molecular weight is 323 g/mol. The van der Waals surface area contributed by atoms with Crippen LogP contribution >= 0.6 is 0 Å². The second-order valence-electron chi connectivity index (χ2n) is 5.98. The fourth-order valence-corrected chi connectivity index (χ4v) is 2.93. The number of halogens is 1. The van der Waals surface area contributed by atoms with Gasteiger partial charge in [-0.15, -0.1) is 0 Å². The summed E-state index contributed by atoms with van der Waals surface area (Å²) >= 11 is 0. The van der Waals surface area contributed by atoms with Crippen molar-refractivity contribution < 1.29 is 14.1 Å². The topological polar surface area (TPSA) is 89.5 Å². The van der Waals surface area contributed by atoms with E-state index in [-0.39, 0.29) is 18.3 Å². The van der Waals surface area contributed by atoms with E-state index in [4.69, 9.17) is 5.73 Å². The van der Waals surface area contributed by atoms with Crippen LogP contribution in [0.2, 0.25) is 0 Å². The minimum atomic E-state index is -0.658. The lowest BCUT2D eigenvalue weighted by Gasteiger charge is -2.33. The molecule has 6 nitrogen and oxygen atoms in total. The minimum Gasteiger partial charge on any atom is -0.341 e. The van der Waals surface area contributed by atoms with Gasteiger partial charge in [-0.3, -0.25) is 19.3 Å². The number of piperidine rings is 1. The molecule has 0 aliphatic carbocycles. The highest BCUT2D eigenvalue weighted by molar-refractivity contribution is 5.82. The molecule has 0 saturated carbocycles. The normalized spacial score (nSPS) is 17.0. The largest absolute Gasteiger partial charge is 0.341 e. The van der Waals surface area contributed by atoms with Crippen LogP contribution in [-0.4, -0.2) is 41.5 Å². The lowest BCUT2D eigenvalue weighted by molar-refractivity contribution is -0.384. The molecule has 1 aliphatic heterocycles. The zero-order valence-corrected chi connectivity index (χ0v) is 13.0. The third-order valence-corrected chi connectivity index (χ3v) is 4.36. The Bertz CT molecular complexity index is 542. The number of rotatable bonds is 6. The number of benzene rings is 1. The van der Waals surface area contributed by atoms with E-state index in [0.29, 0.717) is 31.8 Å². The SMILES string of the molecule is N[C@@H](Cc1ccc([N+](=O)[O-])cc1)C(=O)N1CCC(CCF)CC1. The molecule has 1 amide bonds.